The number of nitriles is 1. The van der Waals surface area contributed by atoms with Crippen LogP contribution in [0.5, 0.6) is 0 Å². The number of carbonyl (C=O) groups excluding carboxylic acids is 2. The minimum atomic E-state index is -0.732. The summed E-state index contributed by atoms with van der Waals surface area (Å²) in [5, 5.41) is 13.7. The van der Waals surface area contributed by atoms with Crippen LogP contribution in [0.4, 0.5) is 10.6 Å². The molecule has 0 radical (unpaired) electrons. The van der Waals surface area contributed by atoms with Gasteiger partial charge in [-0.05, 0) is 52.7 Å². The van der Waals surface area contributed by atoms with Gasteiger partial charge in [0.2, 0.25) is 0 Å². The monoisotopic (exact) mass is 539 g/mol. The van der Waals surface area contributed by atoms with E-state index >= 15 is 0 Å². The van der Waals surface area contributed by atoms with E-state index in [4.69, 9.17) is 26.1 Å². The lowest BCUT2D eigenvalue weighted by molar-refractivity contribution is 0.0155. The van der Waals surface area contributed by atoms with Crippen molar-refractivity contribution in [3.05, 3.63) is 41.6 Å². The number of hydrogen-bond acceptors (Lipinski definition) is 9. The highest BCUT2D eigenvalue weighted by atomic mass is 35.5. The molecule has 1 amide bonds. The molecule has 0 bridgehead atoms. The molecule has 0 saturated carbocycles. The van der Waals surface area contributed by atoms with Crippen LogP contribution in [0.2, 0.25) is 5.15 Å². The Balaban J connectivity index is 1.60. The minimum Gasteiger partial charge on any atom is -0.461 e. The fourth-order valence-electron chi connectivity index (χ4n) is 4.15. The van der Waals surface area contributed by atoms with E-state index in [1.165, 1.54) is 0 Å². The van der Waals surface area contributed by atoms with Crippen molar-refractivity contribution in [2.24, 2.45) is 5.41 Å². The minimum absolute atomic E-state index is 0.141. The maximum Gasteiger partial charge on any atom is 0.410 e. The predicted octanol–water partition coefficient (Wildman–Crippen LogP) is 4.57. The lowest BCUT2D eigenvalue weighted by atomic mass is 9.80. The van der Waals surface area contributed by atoms with Crippen molar-refractivity contribution in [1.29, 1.82) is 5.26 Å². The van der Waals surface area contributed by atoms with Gasteiger partial charge in [0, 0.05) is 43.8 Å². The summed E-state index contributed by atoms with van der Waals surface area (Å²) in [6.45, 7) is 8.49. The second-order valence-corrected chi connectivity index (χ2v) is 10.5. The van der Waals surface area contributed by atoms with Crippen molar-refractivity contribution in [3.63, 3.8) is 0 Å². The molecule has 4 rings (SSSR count). The first-order chi connectivity index (χ1) is 18.0. The van der Waals surface area contributed by atoms with E-state index in [2.05, 4.69) is 21.4 Å². The van der Waals surface area contributed by atoms with Crippen molar-refractivity contribution in [3.8, 4) is 17.3 Å². The number of nitrogens with one attached hydrogen (secondary N) is 1. The Kier molecular flexibility index (Phi) is 7.73. The summed E-state index contributed by atoms with van der Waals surface area (Å²) in [6.07, 6.45) is 5.45. The zero-order valence-corrected chi connectivity index (χ0v) is 22.6. The normalized spacial score (nSPS) is 15.1. The lowest BCUT2D eigenvalue weighted by Crippen LogP contribution is -2.46. The van der Waals surface area contributed by atoms with Gasteiger partial charge >= 0.3 is 12.1 Å². The Labute approximate surface area is 225 Å². The molecule has 1 aliphatic rings. The molecule has 38 heavy (non-hydrogen) atoms. The topological polar surface area (TPSA) is 135 Å². The van der Waals surface area contributed by atoms with E-state index < -0.39 is 17.0 Å². The number of esters is 1. The summed E-state index contributed by atoms with van der Waals surface area (Å²) in [4.78, 5) is 39.6. The Hall–Kier alpha value is -3.91. The second-order valence-electron chi connectivity index (χ2n) is 10.1. The van der Waals surface area contributed by atoms with Crippen LogP contribution in [0.3, 0.4) is 0 Å². The lowest BCUT2D eigenvalue weighted by Gasteiger charge is -2.37. The summed E-state index contributed by atoms with van der Waals surface area (Å²) in [5.41, 5.74) is 0.531. The molecule has 0 aliphatic carbocycles. The maximum atomic E-state index is 12.5. The fraction of sp³-hybridized carbons (Fsp3) is 0.462. The van der Waals surface area contributed by atoms with Gasteiger partial charge in [0.25, 0.3) is 0 Å². The molecule has 0 aromatic carbocycles. The highest BCUT2D eigenvalue weighted by Crippen LogP contribution is 2.33. The first-order valence-electron chi connectivity index (χ1n) is 12.3. The number of pyridine rings is 1. The molecule has 1 aliphatic heterocycles. The predicted molar refractivity (Wildman–Crippen MR) is 141 cm³/mol. The Morgan fingerprint density at radius 3 is 2.61 bits per heavy atom. The van der Waals surface area contributed by atoms with Crippen molar-refractivity contribution in [2.45, 2.75) is 46.1 Å². The largest absolute Gasteiger partial charge is 0.461 e. The first-order valence-corrected chi connectivity index (χ1v) is 12.7. The van der Waals surface area contributed by atoms with Crippen LogP contribution in [-0.4, -0.2) is 68.2 Å². The molecule has 3 aromatic heterocycles. The van der Waals surface area contributed by atoms with Gasteiger partial charge < -0.3 is 24.1 Å². The summed E-state index contributed by atoms with van der Waals surface area (Å²) >= 11 is 6.09. The van der Waals surface area contributed by atoms with Gasteiger partial charge in [0.15, 0.2) is 17.2 Å². The molecule has 0 spiro atoms. The number of carbonyl (C=O) groups is 2. The average molecular weight is 540 g/mol. The molecule has 1 N–H and O–H groups in total. The van der Waals surface area contributed by atoms with Crippen molar-refractivity contribution in [1.82, 2.24) is 24.3 Å². The zero-order chi connectivity index (χ0) is 27.5. The number of rotatable bonds is 6. The van der Waals surface area contributed by atoms with E-state index in [9.17, 15) is 14.9 Å². The molecule has 11 nitrogen and oxygen atoms in total. The highest BCUT2D eigenvalue weighted by Gasteiger charge is 2.37. The van der Waals surface area contributed by atoms with E-state index in [0.717, 1.165) is 5.56 Å². The summed E-state index contributed by atoms with van der Waals surface area (Å²) in [7, 11) is 0. The number of amides is 1. The fourth-order valence-corrected chi connectivity index (χ4v) is 4.32. The molecule has 1 fully saturated rings. The standard InChI is InChI=1S/C26H30ClN7O4/c1-5-37-23(35)19-14-34-13-18(17-6-9-29-20(27)12-17)31-21(22(34)32-19)30-16-26(15-28)7-10-33(11-8-26)24(36)38-25(2,3)4/h6,9,12-14H,5,7-8,10-11,16H2,1-4H3,(H,30,31). The van der Waals surface area contributed by atoms with Gasteiger partial charge in [-0.15, -0.1) is 0 Å². The van der Waals surface area contributed by atoms with Crippen LogP contribution in [-0.2, 0) is 9.47 Å². The van der Waals surface area contributed by atoms with Gasteiger partial charge in [0.1, 0.15) is 10.8 Å². The van der Waals surface area contributed by atoms with E-state index in [-0.39, 0.29) is 24.9 Å². The number of imidazole rings is 1. The number of nitrogens with zero attached hydrogens (tertiary/aromatic N) is 6. The molecule has 200 valence electrons. The van der Waals surface area contributed by atoms with Gasteiger partial charge in [-0.25, -0.2) is 24.5 Å². The van der Waals surface area contributed by atoms with E-state index in [0.29, 0.717) is 48.2 Å². The molecule has 3 aromatic rings. The number of aromatic nitrogens is 4. The summed E-state index contributed by atoms with van der Waals surface area (Å²) in [5.74, 6) is -0.145. The third kappa shape index (κ3) is 6.14. The number of halogens is 1. The number of fused-ring (bicyclic) bond motifs is 1. The van der Waals surface area contributed by atoms with E-state index in [1.54, 1.807) is 46.9 Å². The van der Waals surface area contributed by atoms with Crippen LogP contribution in [0.15, 0.2) is 30.7 Å². The van der Waals surface area contributed by atoms with Crippen LogP contribution in [0, 0.1) is 16.7 Å². The number of likely N-dealkylation sites (tertiary alicyclic amines) is 1. The molecular weight excluding hydrogens is 510 g/mol. The van der Waals surface area contributed by atoms with Crippen molar-refractivity contribution in [2.75, 3.05) is 31.6 Å². The third-order valence-electron chi connectivity index (χ3n) is 6.15. The number of ether oxygens (including phenoxy) is 2. The molecule has 4 heterocycles. The smallest absolute Gasteiger partial charge is 0.410 e. The Morgan fingerprint density at radius 2 is 1.97 bits per heavy atom. The first kappa shape index (κ1) is 27.1. The van der Waals surface area contributed by atoms with Crippen LogP contribution in [0.1, 0.15) is 51.0 Å². The SMILES string of the molecule is CCOC(=O)c1cn2cc(-c3ccnc(Cl)c3)nc(NCC3(C#N)CCN(C(=O)OC(C)(C)C)CC3)c2n1. The van der Waals surface area contributed by atoms with Crippen molar-refractivity contribution >= 4 is 35.1 Å². The maximum absolute atomic E-state index is 12.5. The van der Waals surface area contributed by atoms with E-state index in [1.807, 2.05) is 20.8 Å². The third-order valence-corrected chi connectivity index (χ3v) is 6.35. The van der Waals surface area contributed by atoms with Crippen LogP contribution < -0.4 is 5.32 Å². The van der Waals surface area contributed by atoms with Crippen LogP contribution >= 0.6 is 11.6 Å². The zero-order valence-electron chi connectivity index (χ0n) is 21.8. The van der Waals surface area contributed by atoms with Crippen LogP contribution in [0.25, 0.3) is 16.9 Å². The van der Waals surface area contributed by atoms with Gasteiger partial charge in [0.05, 0.1) is 23.8 Å². The summed E-state index contributed by atoms with van der Waals surface area (Å²) < 4.78 is 12.3. The molecular formula is C26H30ClN7O4. The molecule has 12 heteroatoms. The van der Waals surface area contributed by atoms with Gasteiger partial charge in [-0.2, -0.15) is 5.26 Å². The Bertz CT molecular complexity index is 1380. The molecule has 0 atom stereocenters. The highest BCUT2D eigenvalue weighted by molar-refractivity contribution is 6.29. The van der Waals surface area contributed by atoms with Gasteiger partial charge in [-0.1, -0.05) is 11.6 Å². The Morgan fingerprint density at radius 1 is 1.24 bits per heavy atom. The number of piperidine rings is 1. The average Bonchev–Trinajstić information content (AvgIpc) is 3.31. The molecule has 0 unspecified atom stereocenters. The van der Waals surface area contributed by atoms with Gasteiger partial charge in [-0.3, -0.25) is 0 Å². The summed E-state index contributed by atoms with van der Waals surface area (Å²) in [6, 6.07) is 5.90. The quantitative estimate of drug-likeness (QED) is 0.353. The van der Waals surface area contributed by atoms with Crippen molar-refractivity contribution < 1.29 is 19.1 Å². The molecule has 1 saturated heterocycles. The number of anilines is 1. The number of hydrogen-bond donors (Lipinski definition) is 1. The second kappa shape index (κ2) is 10.8.